The Kier molecular flexibility index (Phi) is 6.92. The average molecular weight is 225 g/mol. The van der Waals surface area contributed by atoms with Crippen LogP contribution in [0.15, 0.2) is 0 Å². The summed E-state index contributed by atoms with van der Waals surface area (Å²) in [7, 11) is -0.615. The minimum atomic E-state index is -3.03. The maximum atomic E-state index is 11.3. The first-order valence-electron chi connectivity index (χ1n) is 4.73. The van der Waals surface area contributed by atoms with Crippen molar-refractivity contribution in [2.75, 3.05) is 5.75 Å². The van der Waals surface area contributed by atoms with Gasteiger partial charge in [-0.2, -0.15) is 0 Å². The second-order valence-corrected chi connectivity index (χ2v) is 6.16. The summed E-state index contributed by atoms with van der Waals surface area (Å²) in [5.74, 6) is 0.183. The molecule has 0 aliphatic carbocycles. The zero-order chi connectivity index (χ0) is 10.3. The summed E-state index contributed by atoms with van der Waals surface area (Å²) in [5, 5.41) is 0. The SMILES string of the molecule is CCCCCCS(=O)(=O)NC(C)P. The van der Waals surface area contributed by atoms with E-state index in [1.807, 2.05) is 0 Å². The molecule has 0 saturated carbocycles. The van der Waals surface area contributed by atoms with E-state index in [1.54, 1.807) is 6.92 Å². The van der Waals surface area contributed by atoms with Crippen LogP contribution < -0.4 is 4.72 Å². The molecule has 0 amide bonds. The van der Waals surface area contributed by atoms with Gasteiger partial charge in [-0.1, -0.05) is 26.2 Å². The van der Waals surface area contributed by atoms with Gasteiger partial charge in [0, 0.05) is 5.78 Å². The van der Waals surface area contributed by atoms with Crippen molar-refractivity contribution in [2.45, 2.75) is 45.3 Å². The summed E-state index contributed by atoms with van der Waals surface area (Å²) in [5.41, 5.74) is 0. The smallest absolute Gasteiger partial charge is 0.212 e. The molecule has 0 heterocycles. The molecule has 0 fully saturated rings. The van der Waals surface area contributed by atoms with Crippen molar-refractivity contribution in [2.24, 2.45) is 0 Å². The molecular formula is C8H20NO2PS. The minimum absolute atomic E-state index is 0.0730. The standard InChI is InChI=1S/C8H20NO2PS/c1-3-4-5-6-7-13(10,11)9-8(2)12/h8-9H,3-7,12H2,1-2H3. The minimum Gasteiger partial charge on any atom is -0.212 e. The van der Waals surface area contributed by atoms with E-state index >= 15 is 0 Å². The van der Waals surface area contributed by atoms with Gasteiger partial charge in [0.05, 0.1) is 5.75 Å². The van der Waals surface area contributed by atoms with Crippen LogP contribution in [-0.2, 0) is 10.0 Å². The molecule has 0 bridgehead atoms. The van der Waals surface area contributed by atoms with Gasteiger partial charge in [0.15, 0.2) is 0 Å². The highest BCUT2D eigenvalue weighted by molar-refractivity contribution is 7.89. The molecule has 13 heavy (non-hydrogen) atoms. The molecule has 0 aromatic carbocycles. The molecule has 0 rings (SSSR count). The predicted molar refractivity (Wildman–Crippen MR) is 60.2 cm³/mol. The van der Waals surface area contributed by atoms with Crippen LogP contribution in [0.1, 0.15) is 39.5 Å². The number of hydrogen-bond acceptors (Lipinski definition) is 2. The normalized spacial score (nSPS) is 14.4. The van der Waals surface area contributed by atoms with E-state index in [-0.39, 0.29) is 11.5 Å². The quantitative estimate of drug-likeness (QED) is 0.529. The van der Waals surface area contributed by atoms with Crippen molar-refractivity contribution >= 4 is 19.3 Å². The molecule has 1 N–H and O–H groups in total. The van der Waals surface area contributed by atoms with E-state index in [0.717, 1.165) is 25.7 Å². The molecule has 0 spiro atoms. The van der Waals surface area contributed by atoms with Crippen LogP contribution in [0, 0.1) is 0 Å². The van der Waals surface area contributed by atoms with Crippen LogP contribution in [0.2, 0.25) is 0 Å². The van der Waals surface area contributed by atoms with Crippen molar-refractivity contribution in [3.05, 3.63) is 0 Å². The first kappa shape index (κ1) is 13.3. The van der Waals surface area contributed by atoms with Gasteiger partial charge in [-0.05, 0) is 13.3 Å². The number of rotatable bonds is 7. The summed E-state index contributed by atoms with van der Waals surface area (Å²) in [6.07, 6.45) is 4.02. The van der Waals surface area contributed by atoms with E-state index < -0.39 is 10.0 Å². The summed E-state index contributed by atoms with van der Waals surface area (Å²) in [6.45, 7) is 3.91. The lowest BCUT2D eigenvalue weighted by Gasteiger charge is -2.08. The molecule has 2 atom stereocenters. The molecule has 0 aromatic rings. The van der Waals surface area contributed by atoms with Crippen LogP contribution in [-0.4, -0.2) is 20.0 Å². The molecule has 3 nitrogen and oxygen atoms in total. The van der Waals surface area contributed by atoms with Gasteiger partial charge in [0.25, 0.3) is 0 Å². The Hall–Kier alpha value is 0.340. The molecule has 0 radical (unpaired) electrons. The topological polar surface area (TPSA) is 46.2 Å². The Morgan fingerprint density at radius 2 is 1.92 bits per heavy atom. The van der Waals surface area contributed by atoms with Crippen molar-refractivity contribution in [3.8, 4) is 0 Å². The van der Waals surface area contributed by atoms with Crippen molar-refractivity contribution in [1.29, 1.82) is 0 Å². The molecule has 0 aromatic heterocycles. The largest absolute Gasteiger partial charge is 0.212 e. The highest BCUT2D eigenvalue weighted by Gasteiger charge is 2.10. The van der Waals surface area contributed by atoms with E-state index in [4.69, 9.17) is 0 Å². The van der Waals surface area contributed by atoms with Gasteiger partial charge >= 0.3 is 0 Å². The number of hydrogen-bond donors (Lipinski definition) is 1. The van der Waals surface area contributed by atoms with Gasteiger partial charge in [-0.25, -0.2) is 13.1 Å². The van der Waals surface area contributed by atoms with Gasteiger partial charge < -0.3 is 0 Å². The van der Waals surface area contributed by atoms with Gasteiger partial charge in [0.1, 0.15) is 0 Å². The average Bonchev–Trinajstić information content (AvgIpc) is 1.95. The third-order valence-electron chi connectivity index (χ3n) is 1.63. The fourth-order valence-electron chi connectivity index (χ4n) is 1.06. The van der Waals surface area contributed by atoms with Crippen LogP contribution in [0.3, 0.4) is 0 Å². The fourth-order valence-corrected chi connectivity index (χ4v) is 2.95. The monoisotopic (exact) mass is 225 g/mol. The van der Waals surface area contributed by atoms with Gasteiger partial charge in [0.2, 0.25) is 10.0 Å². The number of sulfonamides is 1. The van der Waals surface area contributed by atoms with Crippen LogP contribution in [0.25, 0.3) is 0 Å². The lowest BCUT2D eigenvalue weighted by molar-refractivity contribution is 0.574. The van der Waals surface area contributed by atoms with E-state index in [2.05, 4.69) is 20.9 Å². The third-order valence-corrected chi connectivity index (χ3v) is 3.60. The highest BCUT2D eigenvalue weighted by Crippen LogP contribution is 2.03. The van der Waals surface area contributed by atoms with Gasteiger partial charge in [-0.15, -0.1) is 9.24 Å². The predicted octanol–water partition coefficient (Wildman–Crippen LogP) is 1.71. The summed E-state index contributed by atoms with van der Waals surface area (Å²) in [6, 6.07) is 0. The molecule has 0 saturated heterocycles. The van der Waals surface area contributed by atoms with Crippen molar-refractivity contribution in [1.82, 2.24) is 4.72 Å². The Bertz CT molecular complexity index is 214. The Morgan fingerprint density at radius 1 is 1.31 bits per heavy atom. The maximum Gasteiger partial charge on any atom is 0.212 e. The van der Waals surface area contributed by atoms with E-state index in [9.17, 15) is 8.42 Å². The van der Waals surface area contributed by atoms with Crippen molar-refractivity contribution < 1.29 is 8.42 Å². The molecular weight excluding hydrogens is 205 g/mol. The zero-order valence-electron chi connectivity index (χ0n) is 8.41. The Balaban J connectivity index is 3.64. The second kappa shape index (κ2) is 6.74. The number of nitrogens with one attached hydrogen (secondary N) is 1. The highest BCUT2D eigenvalue weighted by atomic mass is 32.2. The van der Waals surface area contributed by atoms with Crippen LogP contribution in [0.4, 0.5) is 0 Å². The Labute approximate surface area is 83.9 Å². The third kappa shape index (κ3) is 8.66. The van der Waals surface area contributed by atoms with Crippen molar-refractivity contribution in [3.63, 3.8) is 0 Å². The van der Waals surface area contributed by atoms with E-state index in [1.165, 1.54) is 0 Å². The summed E-state index contributed by atoms with van der Waals surface area (Å²) < 4.78 is 25.1. The van der Waals surface area contributed by atoms with Gasteiger partial charge in [-0.3, -0.25) is 0 Å². The molecule has 5 heteroatoms. The summed E-state index contributed by atoms with van der Waals surface area (Å²) in [4.78, 5) is 0. The lowest BCUT2D eigenvalue weighted by Crippen LogP contribution is -2.30. The second-order valence-electron chi connectivity index (χ2n) is 3.29. The molecule has 0 aliphatic heterocycles. The molecule has 2 unspecified atom stereocenters. The summed E-state index contributed by atoms with van der Waals surface area (Å²) >= 11 is 0. The first-order valence-corrected chi connectivity index (χ1v) is 7.05. The zero-order valence-corrected chi connectivity index (χ0v) is 10.4. The van der Waals surface area contributed by atoms with Crippen LogP contribution >= 0.6 is 9.24 Å². The fraction of sp³-hybridized carbons (Fsp3) is 1.00. The number of unbranched alkanes of at least 4 members (excludes halogenated alkanes) is 3. The van der Waals surface area contributed by atoms with E-state index in [0.29, 0.717) is 0 Å². The molecule has 0 aliphatic rings. The maximum absolute atomic E-state index is 11.3. The lowest BCUT2D eigenvalue weighted by atomic mass is 10.2. The Morgan fingerprint density at radius 3 is 2.38 bits per heavy atom. The van der Waals surface area contributed by atoms with Crippen LogP contribution in [0.5, 0.6) is 0 Å². The first-order chi connectivity index (χ1) is 5.98. The molecule has 80 valence electrons.